The molecule has 1 aliphatic heterocycles. The third kappa shape index (κ3) is 10.3. The molecule has 3 atom stereocenters. The summed E-state index contributed by atoms with van der Waals surface area (Å²) >= 11 is 1.02. The molecule has 0 saturated carbocycles. The van der Waals surface area contributed by atoms with Crippen molar-refractivity contribution in [1.29, 1.82) is 0 Å². The average Bonchev–Trinajstić information content (AvgIpc) is 3.72. The van der Waals surface area contributed by atoms with E-state index < -0.39 is 78.4 Å². The molecule has 0 radical (unpaired) electrons. The second-order valence-electron chi connectivity index (χ2n) is 14.8. The molecule has 4 rings (SSSR count). The minimum absolute atomic E-state index is 0.0647. The number of halogens is 2. The van der Waals surface area contributed by atoms with Crippen LogP contribution in [0.1, 0.15) is 82.6 Å². The van der Waals surface area contributed by atoms with E-state index in [1.54, 1.807) is 65.8 Å². The van der Waals surface area contributed by atoms with Gasteiger partial charge in [0.1, 0.15) is 24.9 Å². The molecule has 0 spiro atoms. The van der Waals surface area contributed by atoms with Crippen molar-refractivity contribution < 1.29 is 55.8 Å². The number of ether oxygens (including phenoxy) is 3. The highest BCUT2D eigenvalue weighted by Gasteiger charge is 2.55. The summed E-state index contributed by atoms with van der Waals surface area (Å²) in [6.45, 7) is 12.3. The summed E-state index contributed by atoms with van der Waals surface area (Å²) in [4.78, 5) is 55.7. The Labute approximate surface area is 318 Å². The van der Waals surface area contributed by atoms with Crippen LogP contribution < -0.4 is 5.32 Å². The van der Waals surface area contributed by atoms with Crippen LogP contribution in [-0.4, -0.2) is 78.8 Å². The Balaban J connectivity index is 1.58. The van der Waals surface area contributed by atoms with Crippen LogP contribution in [0.5, 0.6) is 0 Å². The second-order valence-corrected chi connectivity index (χ2v) is 18.0. The van der Waals surface area contributed by atoms with E-state index in [4.69, 9.17) is 23.3 Å². The second kappa shape index (κ2) is 17.4. The topological polar surface area (TPSA) is 147 Å². The third-order valence-corrected chi connectivity index (χ3v) is 11.6. The lowest BCUT2D eigenvalue weighted by molar-refractivity contribution is -0.168. The summed E-state index contributed by atoms with van der Waals surface area (Å²) in [5, 5.41) is 3.09. The highest BCUT2D eigenvalue weighted by Crippen LogP contribution is 2.67. The van der Waals surface area contributed by atoms with Crippen molar-refractivity contribution in [3.63, 3.8) is 0 Å². The van der Waals surface area contributed by atoms with Crippen LogP contribution in [0.2, 0.25) is 0 Å². The van der Waals surface area contributed by atoms with E-state index in [9.17, 15) is 23.7 Å². The Bertz CT molecular complexity index is 1850. The summed E-state index contributed by atoms with van der Waals surface area (Å²) in [5.41, 5.74) is -5.47. The summed E-state index contributed by atoms with van der Waals surface area (Å²) in [5.74, 6) is -2.60. The minimum Gasteiger partial charge on any atom is -0.459 e. The number of amides is 2. The van der Waals surface area contributed by atoms with Crippen molar-refractivity contribution in [3.8, 4) is 0 Å². The zero-order valence-corrected chi connectivity index (χ0v) is 33.5. The van der Waals surface area contributed by atoms with Crippen molar-refractivity contribution in [1.82, 2.24) is 10.2 Å². The number of carbonyl (C=O) groups excluding carboxylic acids is 4. The standard InChI is InChI=1S/C38H49F2N2O10PS/c1-9-50-53(47,51-10-2)38(39,40)26-16-17-28-25(20-26)21-29(54-28)33(44)41-32(36(3,4)5)34(45)42-19-18-27(48-23-30(43)52-37(6,7)8)31(42)35(46)49-22-24-14-12-11-13-15-24/h11-17,20-21,27,31-32H,9-10,18-19,22-23H2,1-8H3,(H,41,44)/t27-,31+,32-/m1/s1. The average molecular weight is 795 g/mol. The molecule has 1 N–H and O–H groups in total. The first-order valence-electron chi connectivity index (χ1n) is 17.7. The maximum atomic E-state index is 15.5. The van der Waals surface area contributed by atoms with Gasteiger partial charge >= 0.3 is 25.2 Å². The number of hydrogen-bond acceptors (Lipinski definition) is 11. The quantitative estimate of drug-likeness (QED) is 0.122. The third-order valence-electron chi connectivity index (χ3n) is 8.34. The zero-order valence-electron chi connectivity index (χ0n) is 31.8. The van der Waals surface area contributed by atoms with Crippen molar-refractivity contribution in [2.75, 3.05) is 26.4 Å². The molecule has 296 valence electrons. The predicted molar refractivity (Wildman–Crippen MR) is 199 cm³/mol. The summed E-state index contributed by atoms with van der Waals surface area (Å²) in [6, 6.07) is 11.6. The van der Waals surface area contributed by atoms with Gasteiger partial charge in [0.2, 0.25) is 5.91 Å². The van der Waals surface area contributed by atoms with E-state index in [-0.39, 0.29) is 43.0 Å². The lowest BCUT2D eigenvalue weighted by atomic mass is 9.85. The predicted octanol–water partition coefficient (Wildman–Crippen LogP) is 7.43. The zero-order chi connectivity index (χ0) is 40.1. The molecule has 16 heteroatoms. The Kier molecular flexibility index (Phi) is 13.8. The number of carbonyl (C=O) groups is 4. The fraction of sp³-hybridized carbons (Fsp3) is 0.526. The molecule has 2 amide bonds. The smallest absolute Gasteiger partial charge is 0.404 e. The Morgan fingerprint density at radius 2 is 1.61 bits per heavy atom. The van der Waals surface area contributed by atoms with Crippen molar-refractivity contribution >= 4 is 52.8 Å². The van der Waals surface area contributed by atoms with Gasteiger partial charge in [-0.25, -0.2) is 9.59 Å². The number of fused-ring (bicyclic) bond motifs is 1. The van der Waals surface area contributed by atoms with Gasteiger partial charge < -0.3 is 33.5 Å². The van der Waals surface area contributed by atoms with Crippen LogP contribution in [-0.2, 0) is 54.5 Å². The fourth-order valence-corrected chi connectivity index (χ4v) is 8.36. The highest BCUT2D eigenvalue weighted by molar-refractivity contribution is 7.54. The normalized spacial score (nSPS) is 17.3. The molecule has 12 nitrogen and oxygen atoms in total. The lowest BCUT2D eigenvalue weighted by Gasteiger charge is -2.35. The minimum atomic E-state index is -4.87. The van der Waals surface area contributed by atoms with Crippen LogP contribution in [0.25, 0.3) is 10.1 Å². The molecule has 1 fully saturated rings. The molecular weight excluding hydrogens is 745 g/mol. The number of hydrogen-bond donors (Lipinski definition) is 1. The SMILES string of the molecule is CCOP(=O)(OCC)C(F)(F)c1ccc2sc(C(=O)N[C@H](C(=O)N3CC[C@@H](OCC(=O)OC(C)(C)C)[C@H]3C(=O)OCc3ccccc3)C(C)(C)C)cc2c1. The van der Waals surface area contributed by atoms with Gasteiger partial charge in [-0.3, -0.25) is 14.2 Å². The van der Waals surface area contributed by atoms with E-state index >= 15 is 8.78 Å². The van der Waals surface area contributed by atoms with Gasteiger partial charge in [0.15, 0.2) is 6.04 Å². The summed E-state index contributed by atoms with van der Waals surface area (Å²) < 4.78 is 71.3. The maximum absolute atomic E-state index is 15.5. The van der Waals surface area contributed by atoms with Crippen LogP contribution in [0.4, 0.5) is 8.78 Å². The van der Waals surface area contributed by atoms with Crippen LogP contribution in [0.3, 0.4) is 0 Å². The van der Waals surface area contributed by atoms with Crippen LogP contribution in [0, 0.1) is 5.41 Å². The molecular formula is C38H49F2N2O10PS. The monoisotopic (exact) mass is 794 g/mol. The molecule has 0 bridgehead atoms. The molecule has 1 saturated heterocycles. The van der Waals surface area contributed by atoms with Gasteiger partial charge in [-0.05, 0) is 75.6 Å². The Morgan fingerprint density at radius 3 is 2.20 bits per heavy atom. The van der Waals surface area contributed by atoms with Crippen LogP contribution >= 0.6 is 18.9 Å². The van der Waals surface area contributed by atoms with Gasteiger partial charge in [-0.2, -0.15) is 8.78 Å². The van der Waals surface area contributed by atoms with Crippen molar-refractivity contribution in [2.24, 2.45) is 5.41 Å². The van der Waals surface area contributed by atoms with Gasteiger partial charge in [0.05, 0.1) is 24.2 Å². The van der Waals surface area contributed by atoms with E-state index in [2.05, 4.69) is 5.32 Å². The molecule has 2 aromatic carbocycles. The number of nitrogens with one attached hydrogen (secondary N) is 1. The van der Waals surface area contributed by atoms with Gasteiger partial charge in [0, 0.05) is 16.8 Å². The fourth-order valence-electron chi connectivity index (χ4n) is 5.88. The molecule has 3 aromatic rings. The van der Waals surface area contributed by atoms with E-state index in [0.717, 1.165) is 29.0 Å². The number of likely N-dealkylation sites (tertiary alicyclic amines) is 1. The number of thiophene rings is 1. The molecule has 0 aliphatic carbocycles. The highest BCUT2D eigenvalue weighted by atomic mass is 32.1. The van der Waals surface area contributed by atoms with Gasteiger partial charge in [-0.1, -0.05) is 57.2 Å². The first kappa shape index (κ1) is 43.0. The molecule has 0 unspecified atom stereocenters. The molecule has 54 heavy (non-hydrogen) atoms. The first-order chi connectivity index (χ1) is 25.2. The van der Waals surface area contributed by atoms with Gasteiger partial charge in [-0.15, -0.1) is 11.3 Å². The number of benzene rings is 2. The number of esters is 2. The Hall–Kier alpha value is -3.75. The largest absolute Gasteiger partial charge is 0.459 e. The number of alkyl halides is 2. The molecule has 1 aromatic heterocycles. The molecule has 1 aliphatic rings. The van der Waals surface area contributed by atoms with E-state index in [1.807, 2.05) is 6.07 Å². The first-order valence-corrected chi connectivity index (χ1v) is 20.0. The summed E-state index contributed by atoms with van der Waals surface area (Å²) in [6.07, 6.45) is -0.704. The Morgan fingerprint density at radius 1 is 0.963 bits per heavy atom. The maximum Gasteiger partial charge on any atom is 0.404 e. The van der Waals surface area contributed by atoms with E-state index in [1.165, 1.54) is 30.9 Å². The molecule has 2 heterocycles. The number of nitrogens with zero attached hydrogens (tertiary/aromatic N) is 1. The summed E-state index contributed by atoms with van der Waals surface area (Å²) in [7, 11) is -4.87. The van der Waals surface area contributed by atoms with Crippen LogP contribution in [0.15, 0.2) is 54.6 Å². The van der Waals surface area contributed by atoms with E-state index in [0.29, 0.717) is 4.70 Å². The van der Waals surface area contributed by atoms with Crippen molar-refractivity contribution in [3.05, 3.63) is 70.6 Å². The van der Waals surface area contributed by atoms with Crippen molar-refractivity contribution in [2.45, 2.75) is 97.9 Å². The lowest BCUT2D eigenvalue weighted by Crippen LogP contribution is -2.58. The number of rotatable bonds is 15. The van der Waals surface area contributed by atoms with Gasteiger partial charge in [0.25, 0.3) is 5.91 Å².